The zero-order chi connectivity index (χ0) is 17.5. The number of methoxy groups -OCH3 is 1. The van der Waals surface area contributed by atoms with Crippen LogP contribution in [0, 0.1) is 5.92 Å². The molecule has 1 aromatic heterocycles. The van der Waals surface area contributed by atoms with E-state index >= 15 is 0 Å². The lowest BCUT2D eigenvalue weighted by molar-refractivity contribution is 0.0690. The van der Waals surface area contributed by atoms with Crippen LogP contribution < -0.4 is 10.1 Å². The first kappa shape index (κ1) is 18.2. The van der Waals surface area contributed by atoms with Crippen LogP contribution in [0.15, 0.2) is 35.1 Å². The lowest BCUT2D eigenvalue weighted by Crippen LogP contribution is -2.21. The minimum Gasteiger partial charge on any atom is -0.496 e. The number of ether oxygens (including phenoxy) is 1. The number of carbonyl (C=O) groups is 1. The Morgan fingerprint density at radius 2 is 2.17 bits per heavy atom. The Hall–Kier alpha value is -2.19. The van der Waals surface area contributed by atoms with Gasteiger partial charge in [0, 0.05) is 19.1 Å². The third-order valence-electron chi connectivity index (χ3n) is 3.44. The van der Waals surface area contributed by atoms with Gasteiger partial charge >= 0.3 is 5.97 Å². The van der Waals surface area contributed by atoms with Crippen LogP contribution >= 0.6 is 15.9 Å². The van der Waals surface area contributed by atoms with E-state index in [1.165, 1.54) is 12.4 Å². The molecule has 0 aliphatic rings. The number of rotatable bonds is 8. The number of aromatic carboxylic acids is 1. The van der Waals surface area contributed by atoms with Crippen molar-refractivity contribution in [2.24, 2.45) is 5.92 Å². The summed E-state index contributed by atoms with van der Waals surface area (Å²) < 4.78 is 6.06. The van der Waals surface area contributed by atoms with Crippen molar-refractivity contribution in [3.05, 3.63) is 46.3 Å². The summed E-state index contributed by atoms with van der Waals surface area (Å²) in [6.45, 7) is 0.499. The van der Waals surface area contributed by atoms with Crippen molar-refractivity contribution in [3.8, 4) is 5.75 Å². The van der Waals surface area contributed by atoms with Gasteiger partial charge in [0.15, 0.2) is 5.69 Å². The lowest BCUT2D eigenvalue weighted by atomic mass is 10.00. The zero-order valence-electron chi connectivity index (χ0n) is 13.1. The molecule has 128 valence electrons. The fraction of sp³-hybridized carbons (Fsp3) is 0.312. The Bertz CT molecular complexity index is 694. The molecule has 2 rings (SSSR count). The molecule has 1 aromatic carbocycles. The number of anilines is 1. The number of hydrogen-bond donors (Lipinski definition) is 3. The maximum absolute atomic E-state index is 10.7. The van der Waals surface area contributed by atoms with Crippen molar-refractivity contribution in [2.45, 2.75) is 6.42 Å². The van der Waals surface area contributed by atoms with Crippen LogP contribution in [0.1, 0.15) is 16.1 Å². The Morgan fingerprint density at radius 1 is 1.38 bits per heavy atom. The van der Waals surface area contributed by atoms with Gasteiger partial charge in [-0.1, -0.05) is 6.07 Å². The van der Waals surface area contributed by atoms with Crippen molar-refractivity contribution < 1.29 is 19.7 Å². The molecule has 3 N–H and O–H groups in total. The number of aliphatic hydroxyl groups is 1. The van der Waals surface area contributed by atoms with Crippen molar-refractivity contribution in [1.29, 1.82) is 0 Å². The van der Waals surface area contributed by atoms with Gasteiger partial charge in [-0.2, -0.15) is 0 Å². The predicted octanol–water partition coefficient (Wildman–Crippen LogP) is 2.21. The number of nitrogens with one attached hydrogen (secondary N) is 1. The molecule has 0 aliphatic heterocycles. The van der Waals surface area contributed by atoms with E-state index in [4.69, 9.17) is 9.84 Å². The van der Waals surface area contributed by atoms with Crippen LogP contribution in [0.3, 0.4) is 0 Å². The van der Waals surface area contributed by atoms with Crippen molar-refractivity contribution in [2.75, 3.05) is 25.6 Å². The van der Waals surface area contributed by atoms with Crippen LogP contribution in [0.2, 0.25) is 0 Å². The number of nitrogens with zero attached hydrogens (tertiary/aromatic N) is 2. The minimum atomic E-state index is -1.12. The first-order valence-corrected chi connectivity index (χ1v) is 8.05. The zero-order valence-corrected chi connectivity index (χ0v) is 14.7. The van der Waals surface area contributed by atoms with Crippen molar-refractivity contribution >= 4 is 27.7 Å². The van der Waals surface area contributed by atoms with Gasteiger partial charge in [0.05, 0.1) is 24.0 Å². The van der Waals surface area contributed by atoms with E-state index < -0.39 is 5.97 Å². The number of carboxylic acid groups (broad SMARTS) is 1. The third kappa shape index (κ3) is 4.90. The van der Waals surface area contributed by atoms with E-state index in [1.807, 2.05) is 18.2 Å². The normalized spacial score (nSPS) is 11.8. The maximum Gasteiger partial charge on any atom is 0.356 e. The van der Waals surface area contributed by atoms with E-state index in [2.05, 4.69) is 31.2 Å². The van der Waals surface area contributed by atoms with Crippen molar-refractivity contribution in [1.82, 2.24) is 9.97 Å². The molecule has 1 heterocycles. The molecule has 0 fully saturated rings. The van der Waals surface area contributed by atoms with Gasteiger partial charge < -0.3 is 20.3 Å². The standard InChI is InChI=1S/C16H18BrN3O4/c1-24-14-3-2-10(5-12(14)17)4-11(9-21)6-19-15-8-18-13(7-20-15)16(22)23/h2-3,5,7-8,11,21H,4,6,9H2,1H3,(H,19,20)(H,22,23). The maximum atomic E-state index is 10.7. The smallest absolute Gasteiger partial charge is 0.356 e. The summed E-state index contributed by atoms with van der Waals surface area (Å²) in [4.78, 5) is 18.5. The van der Waals surface area contributed by atoms with Crippen LogP contribution in [0.5, 0.6) is 5.75 Å². The van der Waals surface area contributed by atoms with Gasteiger partial charge in [0.25, 0.3) is 0 Å². The third-order valence-corrected chi connectivity index (χ3v) is 4.06. The largest absolute Gasteiger partial charge is 0.496 e. The molecule has 24 heavy (non-hydrogen) atoms. The molecule has 7 nitrogen and oxygen atoms in total. The molecule has 0 radical (unpaired) electrons. The average Bonchev–Trinajstić information content (AvgIpc) is 2.59. The van der Waals surface area contributed by atoms with Crippen LogP contribution in [0.25, 0.3) is 0 Å². The first-order valence-electron chi connectivity index (χ1n) is 7.26. The first-order chi connectivity index (χ1) is 11.5. The molecule has 1 unspecified atom stereocenters. The topological polar surface area (TPSA) is 105 Å². The molecule has 0 spiro atoms. The van der Waals surface area contributed by atoms with Gasteiger partial charge in [0.2, 0.25) is 0 Å². The second kappa shape index (κ2) is 8.60. The Labute approximate surface area is 147 Å². The Morgan fingerprint density at radius 3 is 2.71 bits per heavy atom. The summed E-state index contributed by atoms with van der Waals surface area (Å²) in [6.07, 6.45) is 3.23. The van der Waals surface area contributed by atoms with E-state index in [0.29, 0.717) is 18.8 Å². The highest BCUT2D eigenvalue weighted by Crippen LogP contribution is 2.26. The fourth-order valence-electron chi connectivity index (χ4n) is 2.15. The molecule has 0 saturated heterocycles. The Kier molecular flexibility index (Phi) is 6.51. The second-order valence-corrected chi connectivity index (χ2v) is 6.05. The van der Waals surface area contributed by atoms with Crippen molar-refractivity contribution in [3.63, 3.8) is 0 Å². The van der Waals surface area contributed by atoms with Gasteiger partial charge in [0.1, 0.15) is 11.6 Å². The molecular formula is C16H18BrN3O4. The van der Waals surface area contributed by atoms with Gasteiger partial charge in [-0.15, -0.1) is 0 Å². The predicted molar refractivity (Wildman–Crippen MR) is 92.5 cm³/mol. The number of hydrogen-bond acceptors (Lipinski definition) is 6. The summed E-state index contributed by atoms with van der Waals surface area (Å²) in [5, 5.41) is 21.4. The van der Waals surface area contributed by atoms with Crippen LogP contribution in [-0.2, 0) is 6.42 Å². The fourth-order valence-corrected chi connectivity index (χ4v) is 2.74. The SMILES string of the molecule is COc1ccc(CC(CO)CNc2cnc(C(=O)O)cn2)cc1Br. The summed E-state index contributed by atoms with van der Waals surface area (Å²) >= 11 is 3.44. The molecule has 0 amide bonds. The molecule has 2 aromatic rings. The summed E-state index contributed by atoms with van der Waals surface area (Å²) in [5.74, 6) is 0.0826. The molecular weight excluding hydrogens is 378 g/mol. The van der Waals surface area contributed by atoms with E-state index in [0.717, 1.165) is 15.8 Å². The van der Waals surface area contributed by atoms with E-state index in [1.54, 1.807) is 7.11 Å². The molecule has 1 atom stereocenters. The van der Waals surface area contributed by atoms with E-state index in [9.17, 15) is 9.90 Å². The number of carboxylic acids is 1. The number of benzene rings is 1. The minimum absolute atomic E-state index is 0.0112. The van der Waals surface area contributed by atoms with E-state index in [-0.39, 0.29) is 18.2 Å². The van der Waals surface area contributed by atoms with Gasteiger partial charge in [-0.25, -0.2) is 14.8 Å². The molecule has 0 aliphatic carbocycles. The lowest BCUT2D eigenvalue weighted by Gasteiger charge is -2.16. The molecule has 0 saturated carbocycles. The second-order valence-electron chi connectivity index (χ2n) is 5.19. The number of halogens is 1. The average molecular weight is 396 g/mol. The highest BCUT2D eigenvalue weighted by molar-refractivity contribution is 9.10. The monoisotopic (exact) mass is 395 g/mol. The van der Waals surface area contributed by atoms with Crippen LogP contribution in [0.4, 0.5) is 5.82 Å². The molecule has 8 heteroatoms. The number of aromatic nitrogens is 2. The van der Waals surface area contributed by atoms with Gasteiger partial charge in [-0.05, 0) is 40.0 Å². The summed E-state index contributed by atoms with van der Waals surface area (Å²) in [7, 11) is 1.61. The highest BCUT2D eigenvalue weighted by Gasteiger charge is 2.11. The molecule has 0 bridgehead atoms. The summed E-state index contributed by atoms with van der Waals surface area (Å²) in [5.41, 5.74) is 0.957. The Balaban J connectivity index is 1.94. The van der Waals surface area contributed by atoms with Gasteiger partial charge in [-0.3, -0.25) is 0 Å². The quantitative estimate of drug-likeness (QED) is 0.629. The highest BCUT2D eigenvalue weighted by atomic mass is 79.9. The number of aliphatic hydroxyl groups excluding tert-OH is 1. The summed E-state index contributed by atoms with van der Waals surface area (Å²) in [6, 6.07) is 5.79. The van der Waals surface area contributed by atoms with Crippen LogP contribution in [-0.4, -0.2) is 46.4 Å².